The molecule has 1 aromatic rings. The standard InChI is InChI=1S/C13H18FN3/c1-15-13(16-2)17-12-7-10(8-12)9-4-3-5-11(14)6-9/h3-6,10,12H,7-8H2,1-2H3,(H2,15,16,17). The average Bonchev–Trinajstić information content (AvgIpc) is 2.28. The van der Waals surface area contributed by atoms with Gasteiger partial charge in [0.1, 0.15) is 5.82 Å². The van der Waals surface area contributed by atoms with Crippen molar-refractivity contribution in [3.63, 3.8) is 0 Å². The molecule has 0 aliphatic heterocycles. The Kier molecular flexibility index (Phi) is 3.61. The predicted molar refractivity (Wildman–Crippen MR) is 67.7 cm³/mol. The third kappa shape index (κ3) is 2.75. The van der Waals surface area contributed by atoms with Gasteiger partial charge in [-0.05, 0) is 36.5 Å². The lowest BCUT2D eigenvalue weighted by atomic mass is 9.76. The minimum Gasteiger partial charge on any atom is -0.359 e. The maximum atomic E-state index is 13.1. The number of benzene rings is 1. The van der Waals surface area contributed by atoms with Gasteiger partial charge in [0.25, 0.3) is 0 Å². The number of aliphatic imine (C=N–C) groups is 1. The van der Waals surface area contributed by atoms with Gasteiger partial charge in [-0.15, -0.1) is 0 Å². The molecule has 0 aromatic heterocycles. The van der Waals surface area contributed by atoms with E-state index in [1.165, 1.54) is 6.07 Å². The molecule has 4 heteroatoms. The fourth-order valence-corrected chi connectivity index (χ4v) is 2.21. The first kappa shape index (κ1) is 11.9. The summed E-state index contributed by atoms with van der Waals surface area (Å²) in [6, 6.07) is 7.33. The normalized spacial score (nSPS) is 24.1. The Morgan fingerprint density at radius 3 is 2.76 bits per heavy atom. The van der Waals surface area contributed by atoms with Crippen molar-refractivity contribution in [2.75, 3.05) is 14.1 Å². The fraction of sp³-hybridized carbons (Fsp3) is 0.462. The van der Waals surface area contributed by atoms with Crippen LogP contribution in [0, 0.1) is 5.82 Å². The zero-order chi connectivity index (χ0) is 12.3. The molecule has 1 aliphatic rings. The zero-order valence-corrected chi connectivity index (χ0v) is 10.2. The maximum Gasteiger partial charge on any atom is 0.190 e. The summed E-state index contributed by atoms with van der Waals surface area (Å²) in [5, 5.41) is 6.31. The van der Waals surface area contributed by atoms with Gasteiger partial charge in [-0.25, -0.2) is 4.39 Å². The summed E-state index contributed by atoms with van der Waals surface area (Å²) in [4.78, 5) is 4.07. The van der Waals surface area contributed by atoms with Crippen LogP contribution in [0.1, 0.15) is 24.3 Å². The zero-order valence-electron chi connectivity index (χ0n) is 10.2. The van der Waals surface area contributed by atoms with Crippen molar-refractivity contribution in [2.24, 2.45) is 4.99 Å². The summed E-state index contributed by atoms with van der Waals surface area (Å²) in [7, 11) is 3.60. The molecule has 3 nitrogen and oxygen atoms in total. The van der Waals surface area contributed by atoms with E-state index in [-0.39, 0.29) is 5.82 Å². The van der Waals surface area contributed by atoms with Gasteiger partial charge in [0.05, 0.1) is 0 Å². The highest BCUT2D eigenvalue weighted by molar-refractivity contribution is 5.79. The molecular formula is C13H18FN3. The number of halogens is 1. The maximum absolute atomic E-state index is 13.1. The molecule has 0 heterocycles. The lowest BCUT2D eigenvalue weighted by Crippen LogP contribution is -2.47. The first-order valence-corrected chi connectivity index (χ1v) is 5.89. The second kappa shape index (κ2) is 5.17. The molecule has 1 aromatic carbocycles. The minimum absolute atomic E-state index is 0.148. The molecule has 0 unspecified atom stereocenters. The molecule has 2 N–H and O–H groups in total. The Morgan fingerprint density at radius 1 is 1.41 bits per heavy atom. The van der Waals surface area contributed by atoms with E-state index in [4.69, 9.17) is 0 Å². The largest absolute Gasteiger partial charge is 0.359 e. The predicted octanol–water partition coefficient (Wildman–Crippen LogP) is 1.87. The second-order valence-corrected chi connectivity index (χ2v) is 4.39. The molecule has 1 fully saturated rings. The van der Waals surface area contributed by atoms with Crippen LogP contribution in [0.2, 0.25) is 0 Å². The van der Waals surface area contributed by atoms with Crippen LogP contribution >= 0.6 is 0 Å². The van der Waals surface area contributed by atoms with E-state index >= 15 is 0 Å². The Bertz CT molecular complexity index is 411. The minimum atomic E-state index is -0.148. The van der Waals surface area contributed by atoms with Crippen LogP contribution in [-0.2, 0) is 0 Å². The van der Waals surface area contributed by atoms with Gasteiger partial charge in [-0.3, -0.25) is 4.99 Å². The molecule has 92 valence electrons. The number of guanidine groups is 1. The summed E-state index contributed by atoms with van der Waals surface area (Å²) >= 11 is 0. The highest BCUT2D eigenvalue weighted by Gasteiger charge is 2.30. The third-order valence-corrected chi connectivity index (χ3v) is 3.26. The number of hydrogen-bond acceptors (Lipinski definition) is 1. The van der Waals surface area contributed by atoms with E-state index in [9.17, 15) is 4.39 Å². The first-order chi connectivity index (χ1) is 8.22. The summed E-state index contributed by atoms with van der Waals surface area (Å²) < 4.78 is 13.1. The lowest BCUT2D eigenvalue weighted by Gasteiger charge is -2.36. The molecule has 1 saturated carbocycles. The molecule has 1 aliphatic carbocycles. The van der Waals surface area contributed by atoms with Gasteiger partial charge < -0.3 is 10.6 Å². The second-order valence-electron chi connectivity index (χ2n) is 4.39. The van der Waals surface area contributed by atoms with E-state index in [0.717, 1.165) is 24.4 Å². The summed E-state index contributed by atoms with van der Waals surface area (Å²) in [6.45, 7) is 0. The number of hydrogen-bond donors (Lipinski definition) is 2. The highest BCUT2D eigenvalue weighted by atomic mass is 19.1. The first-order valence-electron chi connectivity index (χ1n) is 5.89. The smallest absolute Gasteiger partial charge is 0.190 e. The Labute approximate surface area is 101 Å². The average molecular weight is 235 g/mol. The van der Waals surface area contributed by atoms with Gasteiger partial charge in [-0.1, -0.05) is 12.1 Å². The van der Waals surface area contributed by atoms with Gasteiger partial charge in [0.2, 0.25) is 0 Å². The van der Waals surface area contributed by atoms with Gasteiger partial charge in [0, 0.05) is 20.1 Å². The third-order valence-electron chi connectivity index (χ3n) is 3.26. The molecule has 0 amide bonds. The topological polar surface area (TPSA) is 36.4 Å². The molecule has 0 saturated heterocycles. The van der Waals surface area contributed by atoms with Crippen LogP contribution in [0.25, 0.3) is 0 Å². The SMILES string of the molecule is CN=C(NC)NC1CC(c2cccc(F)c2)C1. The van der Waals surface area contributed by atoms with Gasteiger partial charge in [0.15, 0.2) is 5.96 Å². The van der Waals surface area contributed by atoms with E-state index in [0.29, 0.717) is 12.0 Å². The Balaban J connectivity index is 1.87. The van der Waals surface area contributed by atoms with Crippen molar-refractivity contribution in [3.8, 4) is 0 Å². The molecular weight excluding hydrogens is 217 g/mol. The van der Waals surface area contributed by atoms with Gasteiger partial charge in [-0.2, -0.15) is 0 Å². The lowest BCUT2D eigenvalue weighted by molar-refractivity contribution is 0.321. The van der Waals surface area contributed by atoms with Crippen molar-refractivity contribution >= 4 is 5.96 Å². The Hall–Kier alpha value is -1.58. The molecule has 17 heavy (non-hydrogen) atoms. The van der Waals surface area contributed by atoms with Crippen LogP contribution in [0.15, 0.2) is 29.3 Å². The highest BCUT2D eigenvalue weighted by Crippen LogP contribution is 2.36. The van der Waals surface area contributed by atoms with Crippen molar-refractivity contribution < 1.29 is 4.39 Å². The molecule has 0 spiro atoms. The number of rotatable bonds is 2. The monoisotopic (exact) mass is 235 g/mol. The summed E-state index contributed by atoms with van der Waals surface area (Å²) in [6.07, 6.45) is 2.06. The van der Waals surface area contributed by atoms with Crippen molar-refractivity contribution in [2.45, 2.75) is 24.8 Å². The molecule has 0 radical (unpaired) electrons. The quantitative estimate of drug-likeness (QED) is 0.606. The Morgan fingerprint density at radius 2 is 2.18 bits per heavy atom. The number of nitrogens with one attached hydrogen (secondary N) is 2. The molecule has 2 rings (SSSR count). The van der Waals surface area contributed by atoms with Crippen LogP contribution in [0.5, 0.6) is 0 Å². The van der Waals surface area contributed by atoms with E-state index in [2.05, 4.69) is 15.6 Å². The van der Waals surface area contributed by atoms with Crippen LogP contribution in [-0.4, -0.2) is 26.1 Å². The van der Waals surface area contributed by atoms with Crippen LogP contribution in [0.4, 0.5) is 4.39 Å². The van der Waals surface area contributed by atoms with E-state index in [1.54, 1.807) is 19.2 Å². The summed E-state index contributed by atoms with van der Waals surface area (Å²) in [5.41, 5.74) is 1.10. The van der Waals surface area contributed by atoms with Crippen LogP contribution in [0.3, 0.4) is 0 Å². The summed E-state index contributed by atoms with van der Waals surface area (Å²) in [5.74, 6) is 1.13. The van der Waals surface area contributed by atoms with Crippen molar-refractivity contribution in [3.05, 3.63) is 35.6 Å². The van der Waals surface area contributed by atoms with Crippen molar-refractivity contribution in [1.29, 1.82) is 0 Å². The van der Waals surface area contributed by atoms with Crippen LogP contribution < -0.4 is 10.6 Å². The molecule has 0 bridgehead atoms. The van der Waals surface area contributed by atoms with E-state index < -0.39 is 0 Å². The fourth-order valence-electron chi connectivity index (χ4n) is 2.21. The molecule has 0 atom stereocenters. The van der Waals surface area contributed by atoms with Crippen molar-refractivity contribution in [1.82, 2.24) is 10.6 Å². The van der Waals surface area contributed by atoms with E-state index in [1.807, 2.05) is 13.1 Å². The van der Waals surface area contributed by atoms with Gasteiger partial charge >= 0.3 is 0 Å². The number of nitrogens with zero attached hydrogens (tertiary/aromatic N) is 1.